The second-order valence-electron chi connectivity index (χ2n) is 8.29. The predicted octanol–water partition coefficient (Wildman–Crippen LogP) is 5.04. The van der Waals surface area contributed by atoms with Gasteiger partial charge in [0.15, 0.2) is 5.16 Å². The molecule has 2 aromatic heterocycles. The number of thiophene rings is 1. The largest absolute Gasteiger partial charge is 0.376 e. The van der Waals surface area contributed by atoms with E-state index in [0.717, 1.165) is 52.2 Å². The van der Waals surface area contributed by atoms with Crippen molar-refractivity contribution in [3.05, 3.63) is 51.1 Å². The molecule has 1 aliphatic rings. The quantitative estimate of drug-likeness (QED) is 0.330. The number of hydrogen-bond donors (Lipinski definition) is 0. The van der Waals surface area contributed by atoms with Gasteiger partial charge < -0.3 is 9.64 Å². The van der Waals surface area contributed by atoms with Crippen LogP contribution >= 0.6 is 23.1 Å². The number of benzene rings is 1. The molecule has 1 fully saturated rings. The molecule has 8 heteroatoms. The number of carbonyl (C=O) groups excluding carboxylic acids is 1. The lowest BCUT2D eigenvalue weighted by Crippen LogP contribution is -2.37. The number of fused-ring (bicyclic) bond motifs is 1. The van der Waals surface area contributed by atoms with Crippen LogP contribution in [0.4, 0.5) is 5.69 Å². The Morgan fingerprint density at radius 2 is 2.09 bits per heavy atom. The van der Waals surface area contributed by atoms with Crippen molar-refractivity contribution in [3.63, 3.8) is 0 Å². The minimum atomic E-state index is -0.392. The Kier molecular flexibility index (Phi) is 7.56. The Labute approximate surface area is 203 Å². The minimum Gasteiger partial charge on any atom is -0.376 e. The van der Waals surface area contributed by atoms with Gasteiger partial charge in [-0.1, -0.05) is 36.9 Å². The zero-order chi connectivity index (χ0) is 23.5. The van der Waals surface area contributed by atoms with Gasteiger partial charge in [0.25, 0.3) is 5.56 Å². The van der Waals surface area contributed by atoms with Crippen LogP contribution < -0.4 is 10.5 Å². The predicted molar refractivity (Wildman–Crippen MR) is 137 cm³/mol. The van der Waals surface area contributed by atoms with Gasteiger partial charge in [-0.05, 0) is 57.7 Å². The third kappa shape index (κ3) is 4.88. The first-order valence-electron chi connectivity index (χ1n) is 11.6. The number of ether oxygens (including phenoxy) is 1. The molecule has 0 bridgehead atoms. The SMILES string of the molecule is CCc1c(C)sc2nc(SC(C)C(=O)N(CC)c3ccccc3)n(CC3CCCO3)c(=O)c12. The zero-order valence-corrected chi connectivity index (χ0v) is 21.3. The van der Waals surface area contributed by atoms with Gasteiger partial charge in [0, 0.05) is 23.7 Å². The smallest absolute Gasteiger partial charge is 0.263 e. The summed E-state index contributed by atoms with van der Waals surface area (Å²) in [5, 5.41) is 0.926. The van der Waals surface area contributed by atoms with Crippen molar-refractivity contribution in [1.82, 2.24) is 9.55 Å². The Bertz CT molecular complexity index is 1180. The number of hydrogen-bond acceptors (Lipinski definition) is 6. The molecule has 0 spiro atoms. The highest BCUT2D eigenvalue weighted by atomic mass is 32.2. The standard InChI is InChI=1S/C25H31N3O3S2/c1-5-20-16(3)32-22-21(20)24(30)28(15-19-13-10-14-31-19)25(26-22)33-17(4)23(29)27(6-2)18-11-8-7-9-12-18/h7-9,11-12,17,19H,5-6,10,13-15H2,1-4H3. The Morgan fingerprint density at radius 1 is 1.33 bits per heavy atom. The topological polar surface area (TPSA) is 64.4 Å². The number of anilines is 1. The summed E-state index contributed by atoms with van der Waals surface area (Å²) in [7, 11) is 0. The summed E-state index contributed by atoms with van der Waals surface area (Å²) >= 11 is 2.93. The van der Waals surface area contributed by atoms with E-state index >= 15 is 0 Å². The summed E-state index contributed by atoms with van der Waals surface area (Å²) in [4.78, 5) is 35.6. The van der Waals surface area contributed by atoms with Gasteiger partial charge in [-0.15, -0.1) is 11.3 Å². The van der Waals surface area contributed by atoms with Crippen molar-refractivity contribution in [2.75, 3.05) is 18.1 Å². The Hall–Kier alpha value is -2.16. The van der Waals surface area contributed by atoms with Crippen molar-refractivity contribution >= 4 is 44.9 Å². The molecule has 1 aromatic carbocycles. The molecule has 176 valence electrons. The molecule has 0 aliphatic carbocycles. The van der Waals surface area contributed by atoms with Crippen LogP contribution in [0.5, 0.6) is 0 Å². The molecule has 0 N–H and O–H groups in total. The van der Waals surface area contributed by atoms with E-state index in [1.165, 1.54) is 11.8 Å². The number of aromatic nitrogens is 2. The van der Waals surface area contributed by atoms with E-state index < -0.39 is 5.25 Å². The Balaban J connectivity index is 1.70. The molecule has 3 aromatic rings. The number of aryl methyl sites for hydroxylation is 2. The molecule has 3 heterocycles. The summed E-state index contributed by atoms with van der Waals surface area (Å²) < 4.78 is 7.58. The summed E-state index contributed by atoms with van der Waals surface area (Å²) in [5.41, 5.74) is 1.93. The highest BCUT2D eigenvalue weighted by Crippen LogP contribution is 2.32. The normalized spacial score (nSPS) is 16.9. The van der Waals surface area contributed by atoms with Gasteiger partial charge in [0.1, 0.15) is 4.83 Å². The number of thioether (sulfide) groups is 1. The molecule has 0 radical (unpaired) electrons. The van der Waals surface area contributed by atoms with Crippen LogP contribution in [-0.4, -0.2) is 40.0 Å². The first kappa shape index (κ1) is 24.0. The molecule has 33 heavy (non-hydrogen) atoms. The lowest BCUT2D eigenvalue weighted by Gasteiger charge is -2.25. The molecule has 2 atom stereocenters. The number of amides is 1. The van der Waals surface area contributed by atoms with E-state index in [4.69, 9.17) is 9.72 Å². The molecular weight excluding hydrogens is 454 g/mol. The maximum atomic E-state index is 13.7. The van der Waals surface area contributed by atoms with E-state index in [2.05, 4.69) is 6.92 Å². The van der Waals surface area contributed by atoms with E-state index in [1.54, 1.807) is 20.8 Å². The third-order valence-electron chi connectivity index (χ3n) is 6.12. The molecule has 2 unspecified atom stereocenters. The van der Waals surface area contributed by atoms with Gasteiger partial charge in [0.2, 0.25) is 5.91 Å². The number of nitrogens with zero attached hydrogens (tertiary/aromatic N) is 3. The zero-order valence-electron chi connectivity index (χ0n) is 19.7. The summed E-state index contributed by atoms with van der Waals surface area (Å²) in [6.45, 7) is 9.76. The molecule has 0 saturated carbocycles. The van der Waals surface area contributed by atoms with Crippen molar-refractivity contribution in [1.29, 1.82) is 0 Å². The molecule has 6 nitrogen and oxygen atoms in total. The van der Waals surface area contributed by atoms with Crippen molar-refractivity contribution in [2.24, 2.45) is 0 Å². The maximum absolute atomic E-state index is 13.7. The summed E-state index contributed by atoms with van der Waals surface area (Å²) in [5.74, 6) is 0.00307. The lowest BCUT2D eigenvalue weighted by atomic mass is 10.1. The molecule has 1 aliphatic heterocycles. The van der Waals surface area contributed by atoms with Crippen molar-refractivity contribution in [2.45, 2.75) is 70.0 Å². The van der Waals surface area contributed by atoms with E-state index in [1.807, 2.05) is 51.1 Å². The molecule has 1 saturated heterocycles. The number of rotatable bonds is 8. The fraction of sp³-hybridized carbons (Fsp3) is 0.480. The van der Waals surface area contributed by atoms with E-state index in [9.17, 15) is 9.59 Å². The number of para-hydroxylation sites is 1. The third-order valence-corrected chi connectivity index (χ3v) is 8.24. The first-order chi connectivity index (χ1) is 15.9. The van der Waals surface area contributed by atoms with Gasteiger partial charge in [-0.3, -0.25) is 14.2 Å². The molecule has 1 amide bonds. The highest BCUT2D eigenvalue weighted by Gasteiger charge is 2.27. The Morgan fingerprint density at radius 3 is 2.73 bits per heavy atom. The first-order valence-corrected chi connectivity index (χ1v) is 13.3. The van der Waals surface area contributed by atoms with Gasteiger partial charge in [-0.2, -0.15) is 0 Å². The summed E-state index contributed by atoms with van der Waals surface area (Å²) in [6.07, 6.45) is 2.75. The fourth-order valence-corrected chi connectivity index (χ4v) is 6.54. The average molecular weight is 486 g/mol. The van der Waals surface area contributed by atoms with Crippen LogP contribution in [0.3, 0.4) is 0 Å². The highest BCUT2D eigenvalue weighted by molar-refractivity contribution is 8.00. The summed E-state index contributed by atoms with van der Waals surface area (Å²) in [6, 6.07) is 9.69. The van der Waals surface area contributed by atoms with Gasteiger partial charge >= 0.3 is 0 Å². The van der Waals surface area contributed by atoms with Crippen LogP contribution in [0.1, 0.15) is 44.1 Å². The van der Waals surface area contributed by atoms with Crippen molar-refractivity contribution in [3.8, 4) is 0 Å². The maximum Gasteiger partial charge on any atom is 0.263 e. The van der Waals surface area contributed by atoms with E-state index in [0.29, 0.717) is 18.2 Å². The van der Waals surface area contributed by atoms with Crippen LogP contribution in [0, 0.1) is 6.92 Å². The molecule has 4 rings (SSSR count). The lowest BCUT2D eigenvalue weighted by molar-refractivity contribution is -0.117. The number of carbonyl (C=O) groups is 1. The fourth-order valence-electron chi connectivity index (χ4n) is 4.40. The van der Waals surface area contributed by atoms with Gasteiger partial charge in [-0.25, -0.2) is 4.98 Å². The second-order valence-corrected chi connectivity index (χ2v) is 10.8. The minimum absolute atomic E-state index is 0.00307. The van der Waals surface area contributed by atoms with Crippen LogP contribution in [0.15, 0.2) is 40.3 Å². The average Bonchev–Trinajstić information content (AvgIpc) is 3.44. The van der Waals surface area contributed by atoms with Crippen LogP contribution in [0.2, 0.25) is 0 Å². The van der Waals surface area contributed by atoms with Crippen molar-refractivity contribution < 1.29 is 9.53 Å². The van der Waals surface area contributed by atoms with Crippen LogP contribution in [-0.2, 0) is 22.5 Å². The van der Waals surface area contributed by atoms with Gasteiger partial charge in [0.05, 0.1) is 23.3 Å². The van der Waals surface area contributed by atoms with Crippen LogP contribution in [0.25, 0.3) is 10.2 Å². The monoisotopic (exact) mass is 485 g/mol. The second kappa shape index (κ2) is 10.4. The molecular formula is C25H31N3O3S2. The van der Waals surface area contributed by atoms with E-state index in [-0.39, 0.29) is 17.6 Å².